The summed E-state index contributed by atoms with van der Waals surface area (Å²) in [5.41, 5.74) is -0.0211. The number of halogens is 1. The van der Waals surface area contributed by atoms with Gasteiger partial charge in [-0.05, 0) is 37.5 Å². The Morgan fingerprint density at radius 3 is 2.55 bits per heavy atom. The Morgan fingerprint density at radius 2 is 2.00 bits per heavy atom. The first-order valence-corrected chi connectivity index (χ1v) is 7.28. The zero-order chi connectivity index (χ0) is 14.6. The molecular formula is C16H23FO3. The Hall–Kier alpha value is -1.13. The minimum Gasteiger partial charge on any atom is -0.494 e. The number of hydrogen-bond donors (Lipinski definition) is 1. The van der Waals surface area contributed by atoms with E-state index in [-0.39, 0.29) is 5.75 Å². The molecule has 1 aromatic rings. The van der Waals surface area contributed by atoms with E-state index in [2.05, 4.69) is 0 Å². The number of ether oxygens (including phenoxy) is 2. The van der Waals surface area contributed by atoms with Gasteiger partial charge in [0.05, 0.1) is 12.7 Å². The van der Waals surface area contributed by atoms with Crippen LogP contribution in [0.5, 0.6) is 5.75 Å². The van der Waals surface area contributed by atoms with Gasteiger partial charge in [-0.2, -0.15) is 0 Å². The lowest BCUT2D eigenvalue weighted by Crippen LogP contribution is -2.41. The molecule has 112 valence electrons. The van der Waals surface area contributed by atoms with Gasteiger partial charge in [0.1, 0.15) is 6.10 Å². The van der Waals surface area contributed by atoms with Crippen molar-refractivity contribution in [1.82, 2.24) is 0 Å². The molecule has 1 aliphatic rings. The minimum absolute atomic E-state index is 0.190. The monoisotopic (exact) mass is 282 g/mol. The summed E-state index contributed by atoms with van der Waals surface area (Å²) in [6.45, 7) is 2.48. The van der Waals surface area contributed by atoms with E-state index < -0.39 is 17.5 Å². The quantitative estimate of drug-likeness (QED) is 0.896. The molecule has 1 N–H and O–H groups in total. The van der Waals surface area contributed by atoms with E-state index in [1.807, 2.05) is 6.92 Å². The molecule has 4 heteroatoms. The van der Waals surface area contributed by atoms with Crippen LogP contribution in [0.2, 0.25) is 0 Å². The normalized spacial score (nSPS) is 19.6. The van der Waals surface area contributed by atoms with Crippen molar-refractivity contribution in [3.05, 3.63) is 29.6 Å². The van der Waals surface area contributed by atoms with Gasteiger partial charge in [-0.25, -0.2) is 4.39 Å². The molecule has 1 aromatic carbocycles. The third-order valence-electron chi connectivity index (χ3n) is 4.12. The molecule has 1 aliphatic carbocycles. The molecule has 0 aliphatic heterocycles. The van der Waals surface area contributed by atoms with Crippen LogP contribution in [0.3, 0.4) is 0 Å². The fraction of sp³-hybridized carbons (Fsp3) is 0.625. The molecular weight excluding hydrogens is 259 g/mol. The van der Waals surface area contributed by atoms with Crippen LogP contribution in [0.1, 0.15) is 50.7 Å². The molecule has 0 heterocycles. The van der Waals surface area contributed by atoms with E-state index in [4.69, 9.17) is 9.47 Å². The van der Waals surface area contributed by atoms with Crippen molar-refractivity contribution in [3.8, 4) is 5.75 Å². The maximum absolute atomic E-state index is 13.8. The summed E-state index contributed by atoms with van der Waals surface area (Å²) in [5, 5.41) is 10.7. The maximum atomic E-state index is 13.8. The van der Waals surface area contributed by atoms with Gasteiger partial charge in [0.2, 0.25) is 0 Å². The molecule has 20 heavy (non-hydrogen) atoms. The highest BCUT2D eigenvalue weighted by atomic mass is 19.1. The lowest BCUT2D eigenvalue weighted by molar-refractivity contribution is -0.141. The zero-order valence-corrected chi connectivity index (χ0v) is 12.2. The van der Waals surface area contributed by atoms with Crippen molar-refractivity contribution in [2.24, 2.45) is 0 Å². The SMILES string of the molecule is CCOC1(C(O)c2ccc(OC)c(F)c2)CCCCC1. The summed E-state index contributed by atoms with van der Waals surface area (Å²) >= 11 is 0. The van der Waals surface area contributed by atoms with Crippen molar-refractivity contribution in [2.45, 2.75) is 50.7 Å². The van der Waals surface area contributed by atoms with Gasteiger partial charge in [-0.1, -0.05) is 25.3 Å². The van der Waals surface area contributed by atoms with Crippen LogP contribution in [-0.2, 0) is 4.74 Å². The predicted molar refractivity (Wildman–Crippen MR) is 75.4 cm³/mol. The van der Waals surface area contributed by atoms with Gasteiger partial charge < -0.3 is 14.6 Å². The number of benzene rings is 1. The lowest BCUT2D eigenvalue weighted by Gasteiger charge is -2.41. The minimum atomic E-state index is -0.803. The fourth-order valence-electron chi connectivity index (χ4n) is 3.09. The van der Waals surface area contributed by atoms with Crippen LogP contribution in [-0.4, -0.2) is 24.4 Å². The summed E-state index contributed by atoms with van der Waals surface area (Å²) in [6, 6.07) is 4.61. The third kappa shape index (κ3) is 2.96. The summed E-state index contributed by atoms with van der Waals surface area (Å²) in [6.07, 6.45) is 4.07. The van der Waals surface area contributed by atoms with Crippen molar-refractivity contribution >= 4 is 0 Å². The van der Waals surface area contributed by atoms with Crippen LogP contribution in [0.15, 0.2) is 18.2 Å². The van der Waals surface area contributed by atoms with E-state index in [1.165, 1.54) is 19.6 Å². The topological polar surface area (TPSA) is 38.7 Å². The van der Waals surface area contributed by atoms with Gasteiger partial charge >= 0.3 is 0 Å². The highest BCUT2D eigenvalue weighted by molar-refractivity contribution is 5.31. The van der Waals surface area contributed by atoms with Gasteiger partial charge in [0, 0.05) is 6.61 Å². The van der Waals surface area contributed by atoms with Crippen LogP contribution in [0, 0.1) is 5.82 Å². The van der Waals surface area contributed by atoms with E-state index in [0.717, 1.165) is 25.7 Å². The maximum Gasteiger partial charge on any atom is 0.165 e. The number of methoxy groups -OCH3 is 1. The fourth-order valence-corrected chi connectivity index (χ4v) is 3.09. The lowest BCUT2D eigenvalue weighted by atomic mass is 9.78. The van der Waals surface area contributed by atoms with E-state index in [1.54, 1.807) is 12.1 Å². The molecule has 0 bridgehead atoms. The Balaban J connectivity index is 2.26. The summed E-state index contributed by atoms with van der Waals surface area (Å²) in [7, 11) is 1.43. The van der Waals surface area contributed by atoms with Crippen molar-refractivity contribution < 1.29 is 19.0 Å². The van der Waals surface area contributed by atoms with Gasteiger partial charge in [-0.3, -0.25) is 0 Å². The first-order valence-electron chi connectivity index (χ1n) is 7.28. The molecule has 0 radical (unpaired) electrons. The standard InChI is InChI=1S/C16H23FO3/c1-3-20-16(9-5-4-6-10-16)15(18)12-7-8-14(19-2)13(17)11-12/h7-8,11,15,18H,3-6,9-10H2,1-2H3. The van der Waals surface area contributed by atoms with Crippen LogP contribution >= 0.6 is 0 Å². The second-order valence-corrected chi connectivity index (χ2v) is 5.35. The Kier molecular flexibility index (Phi) is 5.00. The number of rotatable bonds is 5. The number of aliphatic hydroxyl groups is 1. The number of aliphatic hydroxyl groups excluding tert-OH is 1. The molecule has 1 fully saturated rings. The van der Waals surface area contributed by atoms with Crippen molar-refractivity contribution in [1.29, 1.82) is 0 Å². The van der Waals surface area contributed by atoms with E-state index in [0.29, 0.717) is 12.2 Å². The Labute approximate surface area is 119 Å². The molecule has 1 unspecified atom stereocenters. The zero-order valence-electron chi connectivity index (χ0n) is 12.2. The third-order valence-corrected chi connectivity index (χ3v) is 4.12. The summed E-state index contributed by atoms with van der Waals surface area (Å²) in [4.78, 5) is 0. The average molecular weight is 282 g/mol. The molecule has 0 aromatic heterocycles. The highest BCUT2D eigenvalue weighted by Crippen LogP contribution is 2.42. The molecule has 3 nitrogen and oxygen atoms in total. The molecule has 0 saturated heterocycles. The van der Waals surface area contributed by atoms with Gasteiger partial charge in [0.25, 0.3) is 0 Å². The molecule has 0 amide bonds. The molecule has 1 saturated carbocycles. The van der Waals surface area contributed by atoms with Crippen molar-refractivity contribution in [3.63, 3.8) is 0 Å². The van der Waals surface area contributed by atoms with Crippen LogP contribution in [0.4, 0.5) is 4.39 Å². The van der Waals surface area contributed by atoms with Crippen LogP contribution < -0.4 is 4.74 Å². The van der Waals surface area contributed by atoms with E-state index in [9.17, 15) is 9.50 Å². The second-order valence-electron chi connectivity index (χ2n) is 5.35. The smallest absolute Gasteiger partial charge is 0.165 e. The summed E-state index contributed by atoms with van der Waals surface area (Å²) < 4.78 is 24.6. The molecule has 0 spiro atoms. The largest absolute Gasteiger partial charge is 0.494 e. The molecule has 2 rings (SSSR count). The van der Waals surface area contributed by atoms with Crippen LogP contribution in [0.25, 0.3) is 0 Å². The highest BCUT2D eigenvalue weighted by Gasteiger charge is 2.40. The Bertz CT molecular complexity index is 436. The average Bonchev–Trinajstić information content (AvgIpc) is 2.47. The van der Waals surface area contributed by atoms with Gasteiger partial charge in [-0.15, -0.1) is 0 Å². The summed E-state index contributed by atoms with van der Waals surface area (Å²) in [5.74, 6) is -0.262. The van der Waals surface area contributed by atoms with E-state index >= 15 is 0 Å². The Morgan fingerprint density at radius 1 is 1.30 bits per heavy atom. The number of hydrogen-bond acceptors (Lipinski definition) is 3. The molecule has 1 atom stereocenters. The predicted octanol–water partition coefficient (Wildman–Crippen LogP) is 3.61. The first-order chi connectivity index (χ1) is 9.63. The van der Waals surface area contributed by atoms with Crippen molar-refractivity contribution in [2.75, 3.05) is 13.7 Å². The van der Waals surface area contributed by atoms with Gasteiger partial charge in [0.15, 0.2) is 11.6 Å². The first kappa shape index (κ1) is 15.3. The second kappa shape index (κ2) is 6.55.